The maximum atomic E-state index is 12.2. The van der Waals surface area contributed by atoms with E-state index in [2.05, 4.69) is 0 Å². The summed E-state index contributed by atoms with van der Waals surface area (Å²) in [5.74, 6) is -0.308. The third-order valence-corrected chi connectivity index (χ3v) is 9.89. The van der Waals surface area contributed by atoms with E-state index in [1.165, 1.54) is 0 Å². The normalized spacial score (nSPS) is 13.1. The minimum Gasteiger partial charge on any atom is -0.461 e. The molecular formula is C17H28O3Si. The third kappa shape index (κ3) is 4.42. The van der Waals surface area contributed by atoms with Gasteiger partial charge in [0.2, 0.25) is 8.32 Å². The van der Waals surface area contributed by atoms with Gasteiger partial charge in [-0.3, -0.25) is 4.79 Å². The largest absolute Gasteiger partial charge is 0.461 e. The lowest BCUT2D eigenvalue weighted by atomic mass is 10.2. The summed E-state index contributed by atoms with van der Waals surface area (Å²) in [4.78, 5) is 23.4. The highest BCUT2D eigenvalue weighted by Gasteiger charge is 2.54. The van der Waals surface area contributed by atoms with Crippen molar-refractivity contribution in [1.82, 2.24) is 0 Å². The van der Waals surface area contributed by atoms with Gasteiger partial charge in [-0.2, -0.15) is 0 Å². The molecule has 1 aromatic rings. The number of hydrogen-bond acceptors (Lipinski definition) is 3. The molecule has 0 spiro atoms. The molecule has 0 radical (unpaired) electrons. The van der Waals surface area contributed by atoms with Gasteiger partial charge in [0.15, 0.2) is 0 Å². The zero-order valence-electron chi connectivity index (χ0n) is 14.1. The van der Waals surface area contributed by atoms with Crippen LogP contribution < -0.4 is 0 Å². The Hall–Kier alpha value is -1.13. The topological polar surface area (TPSA) is 46.5 Å². The van der Waals surface area contributed by atoms with Crippen molar-refractivity contribution < 1.29 is 14.3 Å². The van der Waals surface area contributed by atoms with E-state index >= 15 is 0 Å². The molecule has 3 nitrogen and oxygen atoms in total. The van der Waals surface area contributed by atoms with Gasteiger partial charge < -0.3 is 9.53 Å². The van der Waals surface area contributed by atoms with Crippen LogP contribution in [0.25, 0.3) is 0 Å². The lowest BCUT2D eigenvalue weighted by molar-refractivity contribution is -0.142. The predicted octanol–water partition coefficient (Wildman–Crippen LogP) is 4.27. The third-order valence-electron chi connectivity index (χ3n) is 4.12. The molecule has 0 atom stereocenters. The molecule has 1 rings (SSSR count). The van der Waals surface area contributed by atoms with Gasteiger partial charge in [-0.05, 0) is 15.6 Å². The number of hydrogen-bond donors (Lipinski definition) is 1. The van der Waals surface area contributed by atoms with Crippen molar-refractivity contribution in [3.8, 4) is 0 Å². The highest BCUT2D eigenvalue weighted by Crippen LogP contribution is 2.51. The summed E-state index contributed by atoms with van der Waals surface area (Å²) < 4.78 is 5.35. The van der Waals surface area contributed by atoms with Crippen LogP contribution in [0.15, 0.2) is 30.3 Å². The maximum Gasteiger partial charge on any atom is 0.305 e. The Kier molecular flexibility index (Phi) is 5.39. The number of esters is 1. The van der Waals surface area contributed by atoms with E-state index in [1.807, 2.05) is 71.9 Å². The molecule has 1 N–H and O–H groups in total. The van der Waals surface area contributed by atoms with Gasteiger partial charge in [-0.25, -0.2) is 0 Å². The summed E-state index contributed by atoms with van der Waals surface area (Å²) in [7, 11) is -2.83. The zero-order chi connectivity index (χ0) is 16.3. The predicted molar refractivity (Wildman–Crippen MR) is 88.4 cm³/mol. The average Bonchev–Trinajstić information content (AvgIpc) is 2.35. The molecule has 0 heterocycles. The standard InChI is InChI=1S/C17H28O3Si/c1-16(2,3)21(19,17(4,5)6)13-15(18)20-12-14-10-8-7-9-11-14/h7-11,19H,12-13H2,1-6H3. The molecule has 0 aliphatic heterocycles. The van der Waals surface area contributed by atoms with Crippen molar-refractivity contribution in [2.24, 2.45) is 0 Å². The molecule has 0 unspecified atom stereocenters. The summed E-state index contributed by atoms with van der Waals surface area (Å²) in [5.41, 5.74) is 0.961. The number of rotatable bonds is 4. The molecule has 0 saturated heterocycles. The Morgan fingerprint density at radius 1 is 1.05 bits per heavy atom. The number of ether oxygens (including phenoxy) is 1. The minimum atomic E-state index is -2.83. The van der Waals surface area contributed by atoms with Gasteiger partial charge in [0.1, 0.15) is 6.61 Å². The number of carbonyl (C=O) groups is 1. The molecule has 21 heavy (non-hydrogen) atoms. The molecule has 0 aliphatic carbocycles. The van der Waals surface area contributed by atoms with Gasteiger partial charge in [0.25, 0.3) is 0 Å². The molecule has 4 heteroatoms. The van der Waals surface area contributed by atoms with E-state index in [9.17, 15) is 9.59 Å². The molecule has 0 aliphatic rings. The van der Waals surface area contributed by atoms with Crippen molar-refractivity contribution in [2.45, 2.75) is 64.3 Å². The average molecular weight is 308 g/mol. The van der Waals surface area contributed by atoms with Crippen LogP contribution in [0.3, 0.4) is 0 Å². The fraction of sp³-hybridized carbons (Fsp3) is 0.588. The summed E-state index contributed by atoms with van der Waals surface area (Å²) in [6.07, 6.45) is 0. The highest BCUT2D eigenvalue weighted by molar-refractivity contribution is 6.80. The lowest BCUT2D eigenvalue weighted by Crippen LogP contribution is -2.53. The SMILES string of the molecule is CC(C)(C)[Si](O)(CC(=O)OCc1ccccc1)C(C)(C)C. The first-order valence-corrected chi connectivity index (χ1v) is 9.55. The first-order chi connectivity index (χ1) is 9.47. The second kappa shape index (κ2) is 6.32. The Bertz CT molecular complexity index is 455. The lowest BCUT2D eigenvalue weighted by Gasteiger charge is -2.46. The van der Waals surface area contributed by atoms with Crippen molar-refractivity contribution in [3.63, 3.8) is 0 Å². The Labute approximate surface area is 129 Å². The molecule has 0 bridgehead atoms. The van der Waals surface area contributed by atoms with E-state index in [0.29, 0.717) is 0 Å². The Balaban J connectivity index is 2.75. The van der Waals surface area contributed by atoms with Gasteiger partial charge >= 0.3 is 5.97 Å². The fourth-order valence-electron chi connectivity index (χ4n) is 2.65. The fourth-order valence-corrected chi connectivity index (χ4v) is 6.48. The smallest absolute Gasteiger partial charge is 0.305 e. The molecule has 0 aromatic heterocycles. The second-order valence-electron chi connectivity index (χ2n) is 7.68. The highest BCUT2D eigenvalue weighted by atomic mass is 28.4. The van der Waals surface area contributed by atoms with Gasteiger partial charge in [0, 0.05) is 0 Å². The van der Waals surface area contributed by atoms with E-state index in [0.717, 1.165) is 5.56 Å². The van der Waals surface area contributed by atoms with E-state index in [4.69, 9.17) is 4.74 Å². The van der Waals surface area contributed by atoms with Crippen molar-refractivity contribution >= 4 is 14.3 Å². The van der Waals surface area contributed by atoms with Crippen LogP contribution in [-0.4, -0.2) is 19.1 Å². The Morgan fingerprint density at radius 2 is 1.52 bits per heavy atom. The second-order valence-corrected chi connectivity index (χ2v) is 12.8. The van der Waals surface area contributed by atoms with Crippen LogP contribution in [0.2, 0.25) is 16.1 Å². The van der Waals surface area contributed by atoms with Crippen molar-refractivity contribution in [3.05, 3.63) is 35.9 Å². The summed E-state index contributed by atoms with van der Waals surface area (Å²) in [6.45, 7) is 12.3. The molecule has 0 fully saturated rings. The summed E-state index contributed by atoms with van der Waals surface area (Å²) >= 11 is 0. The monoisotopic (exact) mass is 308 g/mol. The summed E-state index contributed by atoms with van der Waals surface area (Å²) in [6, 6.07) is 9.73. The van der Waals surface area contributed by atoms with Crippen LogP contribution in [0.1, 0.15) is 47.1 Å². The zero-order valence-corrected chi connectivity index (χ0v) is 15.1. The van der Waals surface area contributed by atoms with Crippen LogP contribution in [-0.2, 0) is 16.1 Å². The maximum absolute atomic E-state index is 12.2. The minimum absolute atomic E-state index is 0.132. The Morgan fingerprint density at radius 3 is 1.95 bits per heavy atom. The van der Waals surface area contributed by atoms with E-state index in [-0.39, 0.29) is 28.7 Å². The quantitative estimate of drug-likeness (QED) is 0.667. The molecule has 0 amide bonds. The van der Waals surface area contributed by atoms with E-state index in [1.54, 1.807) is 0 Å². The number of carbonyl (C=O) groups excluding carboxylic acids is 1. The van der Waals surface area contributed by atoms with Crippen molar-refractivity contribution in [1.29, 1.82) is 0 Å². The van der Waals surface area contributed by atoms with Crippen molar-refractivity contribution in [2.75, 3.05) is 0 Å². The first kappa shape index (κ1) is 17.9. The molecule has 0 saturated carbocycles. The van der Waals surface area contributed by atoms with Crippen LogP contribution in [0, 0.1) is 0 Å². The van der Waals surface area contributed by atoms with Crippen LogP contribution in [0.4, 0.5) is 0 Å². The van der Waals surface area contributed by atoms with E-state index < -0.39 is 8.32 Å². The van der Waals surface area contributed by atoms with Crippen LogP contribution >= 0.6 is 0 Å². The van der Waals surface area contributed by atoms with Crippen LogP contribution in [0.5, 0.6) is 0 Å². The van der Waals surface area contributed by atoms with Gasteiger partial charge in [-0.1, -0.05) is 71.9 Å². The first-order valence-electron chi connectivity index (χ1n) is 7.39. The number of benzene rings is 1. The molecule has 1 aromatic carbocycles. The molecule has 118 valence electrons. The summed E-state index contributed by atoms with van der Waals surface area (Å²) in [5, 5.41) is -0.561. The van der Waals surface area contributed by atoms with Gasteiger partial charge in [0.05, 0.1) is 6.04 Å². The van der Waals surface area contributed by atoms with Gasteiger partial charge in [-0.15, -0.1) is 0 Å². The molecular weight excluding hydrogens is 280 g/mol.